The van der Waals surface area contributed by atoms with Crippen molar-refractivity contribution in [1.29, 1.82) is 0 Å². The van der Waals surface area contributed by atoms with Gasteiger partial charge in [0.1, 0.15) is 0 Å². The summed E-state index contributed by atoms with van der Waals surface area (Å²) >= 11 is 9.37. The van der Waals surface area contributed by atoms with Crippen LogP contribution in [0, 0.1) is 0 Å². The van der Waals surface area contributed by atoms with Crippen LogP contribution in [-0.4, -0.2) is 39.0 Å². The number of fused-ring (bicyclic) bond motifs is 24. The number of para-hydroxylation sites is 2. The van der Waals surface area contributed by atoms with E-state index in [1.165, 1.54) is 184 Å². The molecule has 13 heteroatoms. The van der Waals surface area contributed by atoms with Gasteiger partial charge in [0.15, 0.2) is 34.9 Å². The third kappa shape index (κ3) is 11.9. The molecule has 0 aliphatic heterocycles. The molecule has 0 radical (unpaired) electrons. The molecule has 28 rings (SSSR count). The van der Waals surface area contributed by atoms with Gasteiger partial charge in [-0.3, -0.25) is 0 Å². The maximum Gasteiger partial charge on any atom is 0.165 e. The molecule has 0 N–H and O–H groups in total. The lowest BCUT2D eigenvalue weighted by atomic mass is 10.0. The lowest BCUT2D eigenvalue weighted by Crippen LogP contribution is -2.00. The number of thiophene rings is 5. The predicted molar refractivity (Wildman–Crippen MR) is 545 cm³/mol. The summed E-state index contributed by atoms with van der Waals surface area (Å²) in [7, 11) is 0. The van der Waals surface area contributed by atoms with E-state index < -0.39 is 0 Å². The minimum atomic E-state index is 0.657. The average Bonchev–Trinajstić information content (AvgIpc) is 1.57. The summed E-state index contributed by atoms with van der Waals surface area (Å²) in [5.74, 6) is 3.97. The highest BCUT2D eigenvalue weighted by Gasteiger charge is 2.27. The molecular formula is C115H66N8S5. The van der Waals surface area contributed by atoms with Crippen molar-refractivity contribution in [3.63, 3.8) is 0 Å². The molecule has 0 saturated carbocycles. The number of benzene rings is 18. The van der Waals surface area contributed by atoms with E-state index in [0.717, 1.165) is 55.9 Å². The van der Waals surface area contributed by atoms with Gasteiger partial charge in [-0.2, -0.15) is 0 Å². The van der Waals surface area contributed by atoms with Crippen molar-refractivity contribution in [1.82, 2.24) is 39.0 Å². The summed E-state index contributed by atoms with van der Waals surface area (Å²) in [5.41, 5.74) is 22.9. The number of hydrogen-bond acceptors (Lipinski definition) is 11. The van der Waals surface area contributed by atoms with Crippen LogP contribution in [0.4, 0.5) is 0 Å². The second-order valence-electron chi connectivity index (χ2n) is 33.1. The number of rotatable bonds is 10. The van der Waals surface area contributed by atoms with Crippen molar-refractivity contribution in [2.75, 3.05) is 0 Å². The van der Waals surface area contributed by atoms with Gasteiger partial charge in [-0.1, -0.05) is 261 Å². The van der Waals surface area contributed by atoms with Crippen LogP contribution in [-0.2, 0) is 6.42 Å². The molecule has 0 fully saturated rings. The topological polar surface area (TPSA) is 87.2 Å². The van der Waals surface area contributed by atoms with E-state index in [0.29, 0.717) is 34.9 Å². The highest BCUT2D eigenvalue weighted by atomic mass is 32.1. The number of hydrogen-bond donors (Lipinski definition) is 0. The minimum Gasteiger partial charge on any atom is -0.309 e. The second-order valence-corrected chi connectivity index (χ2v) is 38.4. The molecule has 0 atom stereocenters. The van der Waals surface area contributed by atoms with Gasteiger partial charge in [-0.15, -0.1) is 56.7 Å². The monoisotopic (exact) mass is 1720 g/mol. The Morgan fingerprint density at radius 1 is 0.180 bits per heavy atom. The van der Waals surface area contributed by atoms with Gasteiger partial charge in [-0.05, 0) is 178 Å². The highest BCUT2D eigenvalue weighted by Crippen LogP contribution is 2.50. The Morgan fingerprint density at radius 3 is 1.02 bits per heavy atom. The van der Waals surface area contributed by atoms with E-state index in [2.05, 4.69) is 325 Å². The molecule has 1 aliphatic carbocycles. The largest absolute Gasteiger partial charge is 0.309 e. The standard InChI is InChI=1S/C58H34N4S2.C57H32N4S3/c1-3-11-34(12-4-1)56-59-57(35-13-5-2-6-14-35)61-58(60-56)40-20-19-38-27-39-21-24-41(31-45(39)44(38)30-40)62-50-17-9-7-15-42(50)46-28-36(22-25-51(46)62)37-23-26-53-47(29-37)49-33-54-48(32-55(49)64-53)43-16-8-10-18-52(43)63-54;1-3-13-33(14-4-1)55-58-56(34-15-5-2-6-16-34)60-57(59-55)41-21-11-19-39-40-20-12-23-48(54(40)64-53(39)41)61-46-22-9-7-17-37(46)42-29-35(25-27-47(42)61)36-26-28-50-43(30-36)45-32-51-44(31-52(45)63-50)38-18-8-10-24-49(38)62-51/h1-26,28-33H,27H2;1-32H. The predicted octanol–water partition coefficient (Wildman–Crippen LogP) is 32.7. The minimum absolute atomic E-state index is 0.657. The fraction of sp³-hybridized carbons (Fsp3) is 0.00870. The zero-order valence-electron chi connectivity index (χ0n) is 68.3. The number of aromatic nitrogens is 8. The van der Waals surface area contributed by atoms with Gasteiger partial charge in [0, 0.05) is 157 Å². The zero-order chi connectivity index (χ0) is 83.8. The molecule has 8 nitrogen and oxygen atoms in total. The van der Waals surface area contributed by atoms with E-state index in [9.17, 15) is 0 Å². The quantitative estimate of drug-likeness (QED) is 0.136. The molecule has 0 unspecified atom stereocenters. The van der Waals surface area contributed by atoms with Gasteiger partial charge in [-0.25, -0.2) is 29.9 Å². The van der Waals surface area contributed by atoms with Crippen molar-refractivity contribution in [2.45, 2.75) is 6.42 Å². The van der Waals surface area contributed by atoms with Gasteiger partial charge in [0.25, 0.3) is 0 Å². The summed E-state index contributed by atoms with van der Waals surface area (Å²) in [5, 5.41) is 18.1. The molecule has 596 valence electrons. The molecule has 18 aromatic carbocycles. The molecule has 9 heterocycles. The Labute approximate surface area is 752 Å². The maximum absolute atomic E-state index is 5.14. The molecule has 0 bridgehead atoms. The van der Waals surface area contributed by atoms with Crippen molar-refractivity contribution in [3.05, 3.63) is 399 Å². The van der Waals surface area contributed by atoms with Crippen molar-refractivity contribution >= 4 is 201 Å². The van der Waals surface area contributed by atoms with Crippen LogP contribution in [0.25, 0.3) is 258 Å². The molecule has 0 spiro atoms. The van der Waals surface area contributed by atoms with E-state index >= 15 is 0 Å². The molecule has 27 aromatic rings. The first-order valence-corrected chi connectivity index (χ1v) is 47.0. The van der Waals surface area contributed by atoms with Gasteiger partial charge in [0.05, 0.1) is 32.5 Å². The molecule has 128 heavy (non-hydrogen) atoms. The van der Waals surface area contributed by atoms with Crippen molar-refractivity contribution in [2.24, 2.45) is 0 Å². The molecule has 1 aliphatic rings. The van der Waals surface area contributed by atoms with Crippen molar-refractivity contribution < 1.29 is 0 Å². The zero-order valence-corrected chi connectivity index (χ0v) is 72.4. The molecule has 9 aromatic heterocycles. The SMILES string of the molecule is c1ccc(-c2nc(-c3ccccc3)nc(-c3ccc4c(c3)-c3cc(-n5c6ccccc6c6cc(-c7ccc8sc9cc%10c(cc9c8c7)sc7ccccc7%10)ccc65)ccc3C4)n2)cc1.c1ccc(-c2nc(-c3ccccc3)nc(-c3cccc4c3sc3c(-n5c6ccccc6c6cc(-c7ccc8sc9cc%10c(cc9c8c7)sc7ccccc7%10)ccc65)cccc34)n2)cc1. The van der Waals surface area contributed by atoms with Crippen LogP contribution in [0.1, 0.15) is 11.1 Å². The summed E-state index contributed by atoms with van der Waals surface area (Å²) in [6, 6.07) is 141. The van der Waals surface area contributed by atoms with Crippen LogP contribution in [0.3, 0.4) is 0 Å². The van der Waals surface area contributed by atoms with E-state index in [4.69, 9.17) is 29.9 Å². The molecular weight excluding hydrogens is 1650 g/mol. The van der Waals surface area contributed by atoms with Crippen LogP contribution >= 0.6 is 56.7 Å². The lowest BCUT2D eigenvalue weighted by Gasteiger charge is -2.12. The maximum atomic E-state index is 5.14. The third-order valence-corrected chi connectivity index (χ3v) is 31.5. The van der Waals surface area contributed by atoms with Gasteiger partial charge >= 0.3 is 0 Å². The highest BCUT2D eigenvalue weighted by molar-refractivity contribution is 7.28. The Hall–Kier alpha value is -15.3. The molecule has 0 amide bonds. The average molecular weight is 1720 g/mol. The van der Waals surface area contributed by atoms with Crippen LogP contribution in [0.5, 0.6) is 0 Å². The first kappa shape index (κ1) is 73.1. The van der Waals surface area contributed by atoms with Crippen molar-refractivity contribution in [3.8, 4) is 113 Å². The summed E-state index contributed by atoms with van der Waals surface area (Å²) in [6.45, 7) is 0. The Balaban J connectivity index is 0.000000132. The van der Waals surface area contributed by atoms with Crippen LogP contribution < -0.4 is 0 Å². The third-order valence-electron chi connectivity index (χ3n) is 25.7. The normalized spacial score (nSPS) is 12.2. The van der Waals surface area contributed by atoms with E-state index in [1.54, 1.807) is 0 Å². The first-order valence-electron chi connectivity index (χ1n) is 43.0. The lowest BCUT2D eigenvalue weighted by molar-refractivity contribution is 1.07. The van der Waals surface area contributed by atoms with E-state index in [1.807, 2.05) is 129 Å². The van der Waals surface area contributed by atoms with Gasteiger partial charge < -0.3 is 9.13 Å². The summed E-state index contributed by atoms with van der Waals surface area (Å²) < 4.78 is 18.0. The summed E-state index contributed by atoms with van der Waals surface area (Å²) in [6.07, 6.45) is 0.891. The fourth-order valence-electron chi connectivity index (χ4n) is 19.6. The summed E-state index contributed by atoms with van der Waals surface area (Å²) in [4.78, 5) is 30.3. The fourth-order valence-corrected chi connectivity index (χ4v) is 25.4. The van der Waals surface area contributed by atoms with E-state index in [-0.39, 0.29) is 0 Å². The van der Waals surface area contributed by atoms with Crippen LogP contribution in [0.15, 0.2) is 388 Å². The Bertz CT molecular complexity index is 9200. The number of nitrogens with zero attached hydrogens (tertiary/aromatic N) is 8. The van der Waals surface area contributed by atoms with Gasteiger partial charge in [0.2, 0.25) is 0 Å². The second kappa shape index (κ2) is 29.1. The Morgan fingerprint density at radius 2 is 0.523 bits per heavy atom. The smallest absolute Gasteiger partial charge is 0.165 e. The van der Waals surface area contributed by atoms with Crippen LogP contribution in [0.2, 0.25) is 0 Å². The first-order chi connectivity index (χ1) is 63.4. The Kier molecular flexibility index (Phi) is 16.6. The molecule has 0 saturated heterocycles.